The van der Waals surface area contributed by atoms with Crippen LogP contribution < -0.4 is 10.6 Å². The van der Waals surface area contributed by atoms with Gasteiger partial charge in [0.25, 0.3) is 0 Å². The molecule has 0 aliphatic rings. The molecule has 9 heteroatoms. The van der Waals surface area contributed by atoms with E-state index < -0.39 is 41.6 Å². The highest BCUT2D eigenvalue weighted by atomic mass is 16.6. The van der Waals surface area contributed by atoms with Crippen LogP contribution in [0.25, 0.3) is 0 Å². The summed E-state index contributed by atoms with van der Waals surface area (Å²) < 4.78 is 11.0. The van der Waals surface area contributed by atoms with E-state index in [0.717, 1.165) is 5.56 Å². The zero-order valence-electron chi connectivity index (χ0n) is 25.6. The van der Waals surface area contributed by atoms with Crippen molar-refractivity contribution >= 4 is 23.9 Å². The average Bonchev–Trinajstić information content (AvgIpc) is 2.90. The summed E-state index contributed by atoms with van der Waals surface area (Å²) in [7, 11) is 3.26. The minimum absolute atomic E-state index is 0.0243. The summed E-state index contributed by atoms with van der Waals surface area (Å²) >= 11 is 0. The van der Waals surface area contributed by atoms with Gasteiger partial charge in [-0.3, -0.25) is 9.59 Å². The van der Waals surface area contributed by atoms with Gasteiger partial charge in [0.05, 0.1) is 6.61 Å². The fourth-order valence-corrected chi connectivity index (χ4v) is 4.73. The van der Waals surface area contributed by atoms with Crippen molar-refractivity contribution in [2.45, 2.75) is 83.9 Å². The lowest BCUT2D eigenvalue weighted by Gasteiger charge is -2.33. The molecule has 4 atom stereocenters. The average molecular weight is 572 g/mol. The molecule has 0 bridgehead atoms. The van der Waals surface area contributed by atoms with Crippen molar-refractivity contribution in [3.05, 3.63) is 61.2 Å². The van der Waals surface area contributed by atoms with Crippen LogP contribution in [-0.2, 0) is 30.3 Å². The molecule has 1 aromatic rings. The number of alkyl carbamates (subject to hydrolysis) is 1. The van der Waals surface area contributed by atoms with Crippen LogP contribution in [0.3, 0.4) is 0 Å². The van der Waals surface area contributed by atoms with Gasteiger partial charge < -0.3 is 25.0 Å². The zero-order chi connectivity index (χ0) is 31.0. The summed E-state index contributed by atoms with van der Waals surface area (Å²) in [6.07, 6.45) is 4.61. The molecule has 41 heavy (non-hydrogen) atoms. The van der Waals surface area contributed by atoms with Gasteiger partial charge in [0.1, 0.15) is 17.7 Å². The molecule has 228 valence electrons. The normalized spacial score (nSPS) is 14.5. The molecule has 1 rings (SSSR count). The molecule has 0 aliphatic carbocycles. The summed E-state index contributed by atoms with van der Waals surface area (Å²) in [5.41, 5.74) is -0.374. The third-order valence-corrected chi connectivity index (χ3v) is 6.61. The summed E-state index contributed by atoms with van der Waals surface area (Å²) in [6, 6.07) is 8.61. The number of nitrogens with zero attached hydrogens (tertiary/aromatic N) is 1. The lowest BCUT2D eigenvalue weighted by molar-refractivity contribution is -0.149. The van der Waals surface area contributed by atoms with E-state index in [-0.39, 0.29) is 31.3 Å². The number of hydrogen-bond donors (Lipinski definition) is 2. The number of nitrogens with one attached hydrogen (secondary N) is 2. The van der Waals surface area contributed by atoms with E-state index in [4.69, 9.17) is 9.47 Å². The van der Waals surface area contributed by atoms with Gasteiger partial charge in [-0.15, -0.1) is 13.2 Å². The topological polar surface area (TPSA) is 114 Å². The Morgan fingerprint density at radius 3 is 2.27 bits per heavy atom. The summed E-state index contributed by atoms with van der Waals surface area (Å²) in [4.78, 5) is 54.0. The molecule has 0 aromatic heterocycles. The molecule has 0 aliphatic heterocycles. The molecule has 2 N–H and O–H groups in total. The zero-order valence-corrected chi connectivity index (χ0v) is 25.6. The van der Waals surface area contributed by atoms with E-state index in [2.05, 4.69) is 23.8 Å². The van der Waals surface area contributed by atoms with Gasteiger partial charge in [-0.1, -0.05) is 56.3 Å². The maximum Gasteiger partial charge on any atom is 0.408 e. The quantitative estimate of drug-likeness (QED) is 0.193. The van der Waals surface area contributed by atoms with Crippen LogP contribution in [0.15, 0.2) is 55.6 Å². The summed E-state index contributed by atoms with van der Waals surface area (Å²) in [6.45, 7) is 14.7. The highest BCUT2D eigenvalue weighted by molar-refractivity contribution is 5.93. The second-order valence-corrected chi connectivity index (χ2v) is 11.1. The Hall–Kier alpha value is -3.62. The van der Waals surface area contributed by atoms with E-state index in [1.54, 1.807) is 40.1 Å². The molecule has 3 amide bonds. The fraction of sp³-hybridized carbons (Fsp3) is 0.562. The molecule has 1 aromatic carbocycles. The Morgan fingerprint density at radius 1 is 1.07 bits per heavy atom. The molecule has 9 nitrogen and oxygen atoms in total. The number of carbonyl (C=O) groups excluding carboxylic acids is 4. The first kappa shape index (κ1) is 35.4. The minimum Gasteiger partial charge on any atom is -0.464 e. The molecule has 0 fully saturated rings. The second kappa shape index (κ2) is 17.9. The van der Waals surface area contributed by atoms with Crippen molar-refractivity contribution in [3.8, 4) is 0 Å². The number of amides is 3. The van der Waals surface area contributed by atoms with E-state index in [1.165, 1.54) is 4.90 Å². The summed E-state index contributed by atoms with van der Waals surface area (Å²) in [5.74, 6) is -1.97. The number of ether oxygens (including phenoxy) is 2. The molecule has 0 radical (unpaired) electrons. The van der Waals surface area contributed by atoms with Crippen LogP contribution in [0.2, 0.25) is 0 Å². The van der Waals surface area contributed by atoms with Crippen molar-refractivity contribution in [1.82, 2.24) is 15.5 Å². The Morgan fingerprint density at radius 2 is 1.73 bits per heavy atom. The first-order chi connectivity index (χ1) is 19.4. The number of allylic oxidation sites excluding steroid dienone is 2. The largest absolute Gasteiger partial charge is 0.464 e. The highest BCUT2D eigenvalue weighted by Crippen LogP contribution is 2.21. The van der Waals surface area contributed by atoms with E-state index in [0.29, 0.717) is 25.7 Å². The standard InChI is InChI=1S/C32H49N3O6/c1-9-12-19-26(20-24-17-14-13-15-18-24)41-31(39)34-32(6,22-23(4)5)30(38)33-27(29(37)40-11-3)21-25(16-10-2)28(36)35(7)8/h9-10,13-15,17-18,23,25-27H,1-2,11-12,16,19-22H2,3-8H3,(H,33,38)(H,34,39)/t25?,26?,27-,32+/m0/s1. The Labute approximate surface area is 245 Å². The maximum absolute atomic E-state index is 13.7. The summed E-state index contributed by atoms with van der Waals surface area (Å²) in [5, 5.41) is 5.53. The number of hydrogen-bond acceptors (Lipinski definition) is 6. The number of rotatable bonds is 18. The van der Waals surface area contributed by atoms with Crippen molar-refractivity contribution in [1.29, 1.82) is 0 Å². The van der Waals surface area contributed by atoms with Crippen molar-refractivity contribution in [2.75, 3.05) is 20.7 Å². The van der Waals surface area contributed by atoms with Gasteiger partial charge in [-0.2, -0.15) is 0 Å². The first-order valence-electron chi connectivity index (χ1n) is 14.3. The third kappa shape index (κ3) is 12.6. The fourth-order valence-electron chi connectivity index (χ4n) is 4.73. The molecule has 0 saturated heterocycles. The van der Waals surface area contributed by atoms with Crippen LogP contribution in [-0.4, -0.2) is 67.2 Å². The van der Waals surface area contributed by atoms with Crippen LogP contribution in [0.1, 0.15) is 65.4 Å². The van der Waals surface area contributed by atoms with Crippen LogP contribution >= 0.6 is 0 Å². The lowest BCUT2D eigenvalue weighted by atomic mass is 9.88. The first-order valence-corrected chi connectivity index (χ1v) is 14.3. The van der Waals surface area contributed by atoms with Gasteiger partial charge in [0, 0.05) is 26.4 Å². The maximum atomic E-state index is 13.7. The predicted molar refractivity (Wildman–Crippen MR) is 161 cm³/mol. The van der Waals surface area contributed by atoms with Gasteiger partial charge in [-0.25, -0.2) is 9.59 Å². The molecule has 0 spiro atoms. The Bertz CT molecular complexity index is 1010. The molecular weight excluding hydrogens is 522 g/mol. The smallest absolute Gasteiger partial charge is 0.408 e. The predicted octanol–water partition coefficient (Wildman–Crippen LogP) is 4.81. The van der Waals surface area contributed by atoms with E-state index in [1.807, 2.05) is 44.2 Å². The van der Waals surface area contributed by atoms with E-state index >= 15 is 0 Å². The number of benzene rings is 1. The third-order valence-electron chi connectivity index (χ3n) is 6.61. The van der Waals surface area contributed by atoms with Crippen molar-refractivity contribution in [3.63, 3.8) is 0 Å². The second-order valence-electron chi connectivity index (χ2n) is 11.1. The van der Waals surface area contributed by atoms with Gasteiger partial charge in [-0.05, 0) is 57.4 Å². The minimum atomic E-state index is -1.40. The highest BCUT2D eigenvalue weighted by Gasteiger charge is 2.40. The monoisotopic (exact) mass is 571 g/mol. The van der Waals surface area contributed by atoms with Crippen LogP contribution in [0.5, 0.6) is 0 Å². The van der Waals surface area contributed by atoms with Crippen molar-refractivity contribution in [2.24, 2.45) is 11.8 Å². The van der Waals surface area contributed by atoms with Gasteiger partial charge in [0.2, 0.25) is 11.8 Å². The van der Waals surface area contributed by atoms with Crippen LogP contribution in [0, 0.1) is 11.8 Å². The molecule has 2 unspecified atom stereocenters. The molecule has 0 saturated carbocycles. The lowest BCUT2D eigenvalue weighted by Crippen LogP contribution is -2.60. The van der Waals surface area contributed by atoms with Gasteiger partial charge >= 0.3 is 12.1 Å². The number of carbonyl (C=O) groups is 4. The van der Waals surface area contributed by atoms with Crippen molar-refractivity contribution < 1.29 is 28.7 Å². The molecular formula is C32H49N3O6. The SMILES string of the molecule is C=CCCC(Cc1ccccc1)OC(=O)N[C@](C)(CC(C)C)C(=O)N[C@@H](CC(CC=C)C(=O)N(C)C)C(=O)OCC. The number of esters is 1. The van der Waals surface area contributed by atoms with E-state index in [9.17, 15) is 19.2 Å². The Kier molecular flexibility index (Phi) is 15.5. The Balaban J connectivity index is 3.17. The van der Waals surface area contributed by atoms with Crippen LogP contribution in [0.4, 0.5) is 4.79 Å². The molecule has 0 heterocycles. The van der Waals surface area contributed by atoms with Gasteiger partial charge in [0.15, 0.2) is 0 Å².